The molecule has 1 N–H and O–H groups in total. The minimum Gasteiger partial charge on any atom is -0.481 e. The summed E-state index contributed by atoms with van der Waals surface area (Å²) in [5, 5.41) is 9.02. The second-order valence-corrected chi connectivity index (χ2v) is 6.98. The number of carboxylic acids is 1. The first-order valence-electron chi connectivity index (χ1n) is 7.93. The number of carbonyl (C=O) groups is 2. The predicted octanol–water partition coefficient (Wildman–Crippen LogP) is 3.52. The summed E-state index contributed by atoms with van der Waals surface area (Å²) in [6.45, 7) is 9.01. The Kier molecular flexibility index (Phi) is 6.49. The number of nitrogens with zero attached hydrogens (tertiary/aromatic N) is 1. The van der Waals surface area contributed by atoms with E-state index in [4.69, 9.17) is 9.84 Å². The maximum absolute atomic E-state index is 12.2. The largest absolute Gasteiger partial charge is 0.481 e. The van der Waals surface area contributed by atoms with Crippen LogP contribution in [0.15, 0.2) is 0 Å². The quantitative estimate of drug-likeness (QED) is 0.843. The standard InChI is InChI=1S/C16H29NO4/c1-5-10-17(15(20)21-16(2,3)4)11-12-6-8-13(9-7-12)14(18)19/h12-13H,5-11H2,1-4H3,(H,18,19). The summed E-state index contributed by atoms with van der Waals surface area (Å²) in [5.41, 5.74) is -0.482. The average molecular weight is 299 g/mol. The van der Waals surface area contributed by atoms with E-state index < -0.39 is 11.6 Å². The van der Waals surface area contributed by atoms with Crippen molar-refractivity contribution in [3.63, 3.8) is 0 Å². The predicted molar refractivity (Wildman–Crippen MR) is 81.2 cm³/mol. The highest BCUT2D eigenvalue weighted by Gasteiger charge is 2.29. The molecule has 0 aromatic carbocycles. The first-order valence-corrected chi connectivity index (χ1v) is 7.93. The van der Waals surface area contributed by atoms with Gasteiger partial charge in [-0.15, -0.1) is 0 Å². The van der Waals surface area contributed by atoms with Crippen LogP contribution in [0.1, 0.15) is 59.8 Å². The van der Waals surface area contributed by atoms with E-state index in [-0.39, 0.29) is 12.0 Å². The van der Waals surface area contributed by atoms with Gasteiger partial charge in [-0.3, -0.25) is 4.79 Å². The third kappa shape index (κ3) is 6.36. The molecule has 0 heterocycles. The van der Waals surface area contributed by atoms with Gasteiger partial charge in [0, 0.05) is 13.1 Å². The van der Waals surface area contributed by atoms with Gasteiger partial charge in [-0.1, -0.05) is 6.92 Å². The summed E-state index contributed by atoms with van der Waals surface area (Å²) in [6.07, 6.45) is 3.82. The van der Waals surface area contributed by atoms with Gasteiger partial charge in [-0.2, -0.15) is 0 Å². The molecule has 1 amide bonds. The van der Waals surface area contributed by atoms with E-state index in [0.29, 0.717) is 31.8 Å². The number of rotatable bonds is 5. The summed E-state index contributed by atoms with van der Waals surface area (Å²) in [4.78, 5) is 24.9. The molecule has 1 fully saturated rings. The molecule has 0 bridgehead atoms. The number of carbonyl (C=O) groups excluding carboxylic acids is 1. The van der Waals surface area contributed by atoms with Crippen LogP contribution >= 0.6 is 0 Å². The Hall–Kier alpha value is -1.26. The lowest BCUT2D eigenvalue weighted by atomic mass is 9.82. The van der Waals surface area contributed by atoms with Crippen molar-refractivity contribution in [1.29, 1.82) is 0 Å². The molecule has 0 aliphatic heterocycles. The van der Waals surface area contributed by atoms with Crippen molar-refractivity contribution in [3.05, 3.63) is 0 Å². The van der Waals surface area contributed by atoms with Crippen LogP contribution in [0.25, 0.3) is 0 Å². The maximum Gasteiger partial charge on any atom is 0.410 e. The molecule has 5 nitrogen and oxygen atoms in total. The van der Waals surface area contributed by atoms with Crippen LogP contribution in [-0.2, 0) is 9.53 Å². The van der Waals surface area contributed by atoms with Crippen molar-refractivity contribution in [2.75, 3.05) is 13.1 Å². The number of hydrogen-bond acceptors (Lipinski definition) is 3. The smallest absolute Gasteiger partial charge is 0.410 e. The van der Waals surface area contributed by atoms with E-state index in [9.17, 15) is 9.59 Å². The second kappa shape index (κ2) is 7.66. The van der Waals surface area contributed by atoms with E-state index in [2.05, 4.69) is 0 Å². The van der Waals surface area contributed by atoms with Gasteiger partial charge < -0.3 is 14.7 Å². The van der Waals surface area contributed by atoms with E-state index in [1.54, 1.807) is 4.90 Å². The first-order chi connectivity index (χ1) is 9.73. The van der Waals surface area contributed by atoms with Crippen molar-refractivity contribution < 1.29 is 19.4 Å². The molecular weight excluding hydrogens is 270 g/mol. The SMILES string of the molecule is CCCN(CC1CCC(C(=O)O)CC1)C(=O)OC(C)(C)C. The normalized spacial score (nSPS) is 22.7. The van der Waals surface area contributed by atoms with E-state index in [0.717, 1.165) is 19.3 Å². The maximum atomic E-state index is 12.2. The van der Waals surface area contributed by atoms with Crippen LogP contribution in [0, 0.1) is 11.8 Å². The van der Waals surface area contributed by atoms with Crippen molar-refractivity contribution in [2.24, 2.45) is 11.8 Å². The Morgan fingerprint density at radius 2 is 1.76 bits per heavy atom. The number of carboxylic acid groups (broad SMARTS) is 1. The van der Waals surface area contributed by atoms with Crippen molar-refractivity contribution >= 4 is 12.1 Å². The van der Waals surface area contributed by atoms with Gasteiger partial charge in [0.1, 0.15) is 5.60 Å². The Morgan fingerprint density at radius 1 is 1.19 bits per heavy atom. The van der Waals surface area contributed by atoms with Crippen LogP contribution < -0.4 is 0 Å². The first kappa shape index (κ1) is 17.8. The Balaban J connectivity index is 2.51. The van der Waals surface area contributed by atoms with Crippen LogP contribution in [-0.4, -0.2) is 40.8 Å². The fourth-order valence-corrected chi connectivity index (χ4v) is 2.76. The third-order valence-electron chi connectivity index (χ3n) is 3.82. The monoisotopic (exact) mass is 299 g/mol. The van der Waals surface area contributed by atoms with E-state index >= 15 is 0 Å². The summed E-state index contributed by atoms with van der Waals surface area (Å²) < 4.78 is 5.45. The zero-order valence-corrected chi connectivity index (χ0v) is 13.7. The van der Waals surface area contributed by atoms with E-state index in [1.807, 2.05) is 27.7 Å². The molecule has 1 rings (SSSR count). The summed E-state index contributed by atoms with van der Waals surface area (Å²) in [6, 6.07) is 0. The average Bonchev–Trinajstić information content (AvgIpc) is 2.36. The van der Waals surface area contributed by atoms with Gasteiger partial charge in [-0.05, 0) is 58.8 Å². The molecule has 5 heteroatoms. The molecule has 0 unspecified atom stereocenters. The summed E-state index contributed by atoms with van der Waals surface area (Å²) in [7, 11) is 0. The molecule has 21 heavy (non-hydrogen) atoms. The number of ether oxygens (including phenoxy) is 1. The van der Waals surface area contributed by atoms with Crippen LogP contribution in [0.3, 0.4) is 0 Å². The van der Waals surface area contributed by atoms with Crippen molar-refractivity contribution in [3.8, 4) is 0 Å². The lowest BCUT2D eigenvalue weighted by molar-refractivity contribution is -0.143. The van der Waals surface area contributed by atoms with Gasteiger partial charge in [0.05, 0.1) is 5.92 Å². The minimum absolute atomic E-state index is 0.206. The number of aliphatic carboxylic acids is 1. The van der Waals surface area contributed by atoms with Crippen LogP contribution in [0.4, 0.5) is 4.79 Å². The number of hydrogen-bond donors (Lipinski definition) is 1. The lowest BCUT2D eigenvalue weighted by Gasteiger charge is -2.32. The van der Waals surface area contributed by atoms with Gasteiger partial charge in [0.2, 0.25) is 0 Å². The summed E-state index contributed by atoms with van der Waals surface area (Å²) in [5.74, 6) is -0.506. The highest BCUT2D eigenvalue weighted by molar-refractivity contribution is 5.70. The van der Waals surface area contributed by atoms with Gasteiger partial charge in [0.15, 0.2) is 0 Å². The Morgan fingerprint density at radius 3 is 2.19 bits per heavy atom. The van der Waals surface area contributed by atoms with Crippen LogP contribution in [0.2, 0.25) is 0 Å². The molecule has 0 aromatic rings. The molecule has 122 valence electrons. The van der Waals surface area contributed by atoms with Gasteiger partial charge >= 0.3 is 12.1 Å². The second-order valence-electron chi connectivity index (χ2n) is 6.98. The highest BCUT2D eigenvalue weighted by atomic mass is 16.6. The molecular formula is C16H29NO4. The van der Waals surface area contributed by atoms with E-state index in [1.165, 1.54) is 0 Å². The van der Waals surface area contributed by atoms with Crippen molar-refractivity contribution in [1.82, 2.24) is 4.90 Å². The molecule has 1 aliphatic rings. The molecule has 0 aromatic heterocycles. The Bertz CT molecular complexity index is 354. The van der Waals surface area contributed by atoms with Gasteiger partial charge in [-0.25, -0.2) is 4.79 Å². The zero-order chi connectivity index (χ0) is 16.0. The topological polar surface area (TPSA) is 66.8 Å². The fraction of sp³-hybridized carbons (Fsp3) is 0.875. The minimum atomic E-state index is -0.689. The molecule has 1 aliphatic carbocycles. The molecule has 1 saturated carbocycles. The summed E-state index contributed by atoms with van der Waals surface area (Å²) >= 11 is 0. The molecule has 0 atom stereocenters. The molecule has 0 radical (unpaired) electrons. The third-order valence-corrected chi connectivity index (χ3v) is 3.82. The molecule has 0 spiro atoms. The lowest BCUT2D eigenvalue weighted by Crippen LogP contribution is -2.41. The number of amides is 1. The molecule has 0 saturated heterocycles. The Labute approximate surface area is 127 Å². The van der Waals surface area contributed by atoms with Crippen LogP contribution in [0.5, 0.6) is 0 Å². The zero-order valence-electron chi connectivity index (χ0n) is 13.7. The van der Waals surface area contributed by atoms with Gasteiger partial charge in [0.25, 0.3) is 0 Å². The fourth-order valence-electron chi connectivity index (χ4n) is 2.76. The van der Waals surface area contributed by atoms with Crippen molar-refractivity contribution in [2.45, 2.75) is 65.4 Å². The highest BCUT2D eigenvalue weighted by Crippen LogP contribution is 2.29.